The van der Waals surface area contributed by atoms with E-state index < -0.39 is 0 Å². The Hall–Kier alpha value is -1.43. The van der Waals surface area contributed by atoms with Gasteiger partial charge in [-0.05, 0) is 25.3 Å². The van der Waals surface area contributed by atoms with E-state index in [0.29, 0.717) is 17.8 Å². The Morgan fingerprint density at radius 1 is 1.50 bits per heavy atom. The number of carbonyl (C=O) groups is 1. The molecule has 0 radical (unpaired) electrons. The van der Waals surface area contributed by atoms with Crippen molar-refractivity contribution >= 4 is 5.91 Å². The largest absolute Gasteiger partial charge is 0.334 e. The van der Waals surface area contributed by atoms with Crippen LogP contribution in [0.1, 0.15) is 36.2 Å². The highest BCUT2D eigenvalue weighted by atomic mass is 16.2. The molecule has 0 saturated carbocycles. The average Bonchev–Trinajstić information content (AvgIpc) is 3.04. The van der Waals surface area contributed by atoms with E-state index in [2.05, 4.69) is 20.5 Å². The van der Waals surface area contributed by atoms with Gasteiger partial charge in [-0.25, -0.2) is 4.98 Å². The molecule has 2 aliphatic heterocycles. The molecule has 18 heavy (non-hydrogen) atoms. The highest BCUT2D eigenvalue weighted by Gasteiger charge is 2.37. The molecule has 0 aliphatic carbocycles. The van der Waals surface area contributed by atoms with Gasteiger partial charge in [0.1, 0.15) is 5.82 Å². The summed E-state index contributed by atoms with van der Waals surface area (Å²) in [6.07, 6.45) is 3.20. The summed E-state index contributed by atoms with van der Waals surface area (Å²) in [5.74, 6) is 1.65. The monoisotopic (exact) mass is 249 g/mol. The number of H-pyrrole nitrogens is 1. The Morgan fingerprint density at radius 2 is 2.39 bits per heavy atom. The van der Waals surface area contributed by atoms with Gasteiger partial charge in [-0.3, -0.25) is 9.89 Å². The Kier molecular flexibility index (Phi) is 3.03. The Balaban J connectivity index is 1.70. The van der Waals surface area contributed by atoms with Gasteiger partial charge in [0.2, 0.25) is 5.82 Å². The first-order valence-electron chi connectivity index (χ1n) is 6.72. The van der Waals surface area contributed by atoms with E-state index in [1.54, 1.807) is 0 Å². The maximum absolute atomic E-state index is 12.3. The van der Waals surface area contributed by atoms with Crippen LogP contribution in [0, 0.1) is 5.92 Å². The molecule has 3 rings (SSSR count). The second kappa shape index (κ2) is 4.68. The van der Waals surface area contributed by atoms with Crippen molar-refractivity contribution in [3.8, 4) is 0 Å². The predicted molar refractivity (Wildman–Crippen MR) is 66.2 cm³/mol. The number of hydrogen-bond donors (Lipinski definition) is 2. The standard InChI is InChI=1S/C12H19N5O/c1-2-10-14-11(16-15-10)12(18)17-6-8-4-3-5-13-9(8)7-17/h8-9,13H,2-7H2,1H3,(H,14,15,16). The maximum Gasteiger partial charge on any atom is 0.293 e. The Morgan fingerprint density at radius 3 is 3.11 bits per heavy atom. The molecule has 2 N–H and O–H groups in total. The molecule has 1 aromatic heterocycles. The van der Waals surface area contributed by atoms with Crippen molar-refractivity contribution in [3.05, 3.63) is 11.6 Å². The van der Waals surface area contributed by atoms with E-state index in [-0.39, 0.29) is 5.91 Å². The van der Waals surface area contributed by atoms with E-state index in [1.165, 1.54) is 12.8 Å². The van der Waals surface area contributed by atoms with Crippen LogP contribution in [0.4, 0.5) is 0 Å². The number of nitrogens with zero attached hydrogens (tertiary/aromatic N) is 3. The molecule has 6 nitrogen and oxygen atoms in total. The van der Waals surface area contributed by atoms with Crippen molar-refractivity contribution in [2.45, 2.75) is 32.2 Å². The smallest absolute Gasteiger partial charge is 0.293 e. The summed E-state index contributed by atoms with van der Waals surface area (Å²) < 4.78 is 0. The van der Waals surface area contributed by atoms with Crippen molar-refractivity contribution in [1.29, 1.82) is 0 Å². The van der Waals surface area contributed by atoms with Gasteiger partial charge in [0.25, 0.3) is 5.91 Å². The van der Waals surface area contributed by atoms with Crippen molar-refractivity contribution < 1.29 is 4.79 Å². The fraction of sp³-hybridized carbons (Fsp3) is 0.750. The first kappa shape index (κ1) is 11.6. The summed E-state index contributed by atoms with van der Waals surface area (Å²) in [7, 11) is 0. The third-order valence-electron chi connectivity index (χ3n) is 3.94. The minimum Gasteiger partial charge on any atom is -0.334 e. The van der Waals surface area contributed by atoms with E-state index in [1.807, 2.05) is 11.8 Å². The number of carbonyl (C=O) groups excluding carboxylic acids is 1. The summed E-state index contributed by atoms with van der Waals surface area (Å²) in [5.41, 5.74) is 0. The Bertz CT molecular complexity index is 429. The van der Waals surface area contributed by atoms with Crippen LogP contribution in [0.2, 0.25) is 0 Å². The molecule has 2 fully saturated rings. The van der Waals surface area contributed by atoms with Crippen molar-refractivity contribution in [3.63, 3.8) is 0 Å². The van der Waals surface area contributed by atoms with Gasteiger partial charge < -0.3 is 10.2 Å². The molecule has 2 unspecified atom stereocenters. The molecule has 98 valence electrons. The number of aryl methyl sites for hydroxylation is 1. The van der Waals surface area contributed by atoms with Gasteiger partial charge in [-0.15, -0.1) is 5.10 Å². The molecule has 2 aliphatic rings. The summed E-state index contributed by atoms with van der Waals surface area (Å²) >= 11 is 0. The van der Waals surface area contributed by atoms with Crippen molar-refractivity contribution in [1.82, 2.24) is 25.4 Å². The lowest BCUT2D eigenvalue weighted by molar-refractivity contribution is 0.0774. The lowest BCUT2D eigenvalue weighted by Gasteiger charge is -2.24. The number of aromatic amines is 1. The summed E-state index contributed by atoms with van der Waals surface area (Å²) in [6.45, 7) is 4.69. The number of hydrogen-bond acceptors (Lipinski definition) is 4. The van der Waals surface area contributed by atoms with E-state index >= 15 is 0 Å². The third-order valence-corrected chi connectivity index (χ3v) is 3.94. The predicted octanol–water partition coefficient (Wildman–Crippen LogP) is 0.191. The average molecular weight is 249 g/mol. The van der Waals surface area contributed by atoms with Crippen LogP contribution in [0.15, 0.2) is 0 Å². The molecule has 1 amide bonds. The third kappa shape index (κ3) is 2.01. The molecule has 1 aromatic rings. The quantitative estimate of drug-likeness (QED) is 0.785. The molecule has 2 saturated heterocycles. The zero-order chi connectivity index (χ0) is 12.5. The number of fused-ring (bicyclic) bond motifs is 1. The minimum absolute atomic E-state index is 0.0397. The van der Waals surface area contributed by atoms with E-state index in [0.717, 1.165) is 31.9 Å². The molecule has 6 heteroatoms. The maximum atomic E-state index is 12.3. The van der Waals surface area contributed by atoms with Crippen LogP contribution >= 0.6 is 0 Å². The van der Waals surface area contributed by atoms with Crippen LogP contribution < -0.4 is 5.32 Å². The topological polar surface area (TPSA) is 73.9 Å². The molecular weight excluding hydrogens is 230 g/mol. The van der Waals surface area contributed by atoms with Gasteiger partial charge in [0, 0.05) is 25.6 Å². The zero-order valence-corrected chi connectivity index (χ0v) is 10.6. The van der Waals surface area contributed by atoms with Gasteiger partial charge in [-0.1, -0.05) is 6.92 Å². The first-order valence-corrected chi connectivity index (χ1v) is 6.72. The fourth-order valence-corrected chi connectivity index (χ4v) is 2.90. The van der Waals surface area contributed by atoms with E-state index in [9.17, 15) is 4.79 Å². The first-order chi connectivity index (χ1) is 8.78. The second-order valence-electron chi connectivity index (χ2n) is 5.13. The van der Waals surface area contributed by atoms with E-state index in [4.69, 9.17) is 0 Å². The molecular formula is C12H19N5O. The van der Waals surface area contributed by atoms with Crippen molar-refractivity contribution in [2.24, 2.45) is 5.92 Å². The molecule has 3 heterocycles. The fourth-order valence-electron chi connectivity index (χ4n) is 2.90. The molecule has 2 atom stereocenters. The highest BCUT2D eigenvalue weighted by Crippen LogP contribution is 2.25. The van der Waals surface area contributed by atoms with Gasteiger partial charge in [0.15, 0.2) is 0 Å². The van der Waals surface area contributed by atoms with Crippen LogP contribution in [0.5, 0.6) is 0 Å². The number of rotatable bonds is 2. The van der Waals surface area contributed by atoms with Crippen LogP contribution in [0.3, 0.4) is 0 Å². The van der Waals surface area contributed by atoms with Gasteiger partial charge in [0.05, 0.1) is 0 Å². The second-order valence-corrected chi connectivity index (χ2v) is 5.13. The molecule has 0 spiro atoms. The summed E-state index contributed by atoms with van der Waals surface area (Å²) in [6, 6.07) is 0.465. The zero-order valence-electron chi connectivity index (χ0n) is 10.6. The Labute approximate surface area is 106 Å². The summed E-state index contributed by atoms with van der Waals surface area (Å²) in [4.78, 5) is 18.4. The minimum atomic E-state index is -0.0397. The number of amides is 1. The lowest BCUT2D eigenvalue weighted by Crippen LogP contribution is -2.41. The van der Waals surface area contributed by atoms with Crippen LogP contribution in [-0.4, -0.2) is 51.7 Å². The SMILES string of the molecule is CCc1nc(C(=O)N2CC3CCCNC3C2)n[nH]1. The number of aromatic nitrogens is 3. The van der Waals surface area contributed by atoms with Gasteiger partial charge in [-0.2, -0.15) is 0 Å². The van der Waals surface area contributed by atoms with Crippen molar-refractivity contribution in [2.75, 3.05) is 19.6 Å². The number of nitrogens with one attached hydrogen (secondary N) is 2. The lowest BCUT2D eigenvalue weighted by atomic mass is 9.94. The number of likely N-dealkylation sites (tertiary alicyclic amines) is 1. The van der Waals surface area contributed by atoms with Crippen LogP contribution in [0.25, 0.3) is 0 Å². The van der Waals surface area contributed by atoms with Crippen LogP contribution in [-0.2, 0) is 6.42 Å². The van der Waals surface area contributed by atoms with Gasteiger partial charge >= 0.3 is 0 Å². The molecule has 0 aromatic carbocycles. The normalized spacial score (nSPS) is 27.3. The number of piperidine rings is 1. The summed E-state index contributed by atoms with van der Waals surface area (Å²) in [5, 5.41) is 10.3. The molecule has 0 bridgehead atoms. The highest BCUT2D eigenvalue weighted by molar-refractivity contribution is 5.90.